The molecule has 0 aliphatic heterocycles. The zero-order chi connectivity index (χ0) is 9.54. The van der Waals surface area contributed by atoms with Crippen molar-refractivity contribution in [2.24, 2.45) is 17.8 Å². The number of fused-ring (bicyclic) bond motifs is 3. The predicted octanol–water partition coefficient (Wildman–Crippen LogP) is 4.09. The van der Waals surface area contributed by atoms with Crippen molar-refractivity contribution in [3.05, 3.63) is 23.8 Å². The van der Waals surface area contributed by atoms with Crippen LogP contribution in [0, 0.1) is 17.8 Å². The van der Waals surface area contributed by atoms with E-state index in [9.17, 15) is 0 Å². The van der Waals surface area contributed by atoms with E-state index in [1.165, 1.54) is 44.9 Å². The summed E-state index contributed by atoms with van der Waals surface area (Å²) in [5.41, 5.74) is 3.31. The molecule has 14 heavy (non-hydrogen) atoms. The normalized spacial score (nSPS) is 41.6. The highest BCUT2D eigenvalue weighted by molar-refractivity contribution is 5.30. The summed E-state index contributed by atoms with van der Waals surface area (Å²) in [5, 5.41) is 0. The van der Waals surface area contributed by atoms with Crippen LogP contribution in [-0.4, -0.2) is 0 Å². The van der Waals surface area contributed by atoms with Gasteiger partial charge in [-0.05, 0) is 43.9 Å². The quantitative estimate of drug-likeness (QED) is 0.502. The number of rotatable bonds is 0. The molecule has 0 N–H and O–H groups in total. The minimum Gasteiger partial charge on any atom is -0.0992 e. The van der Waals surface area contributed by atoms with E-state index in [1.807, 2.05) is 0 Å². The molecular formula is C14H20. The largest absolute Gasteiger partial charge is 0.0992 e. The van der Waals surface area contributed by atoms with Gasteiger partial charge in [0.25, 0.3) is 0 Å². The van der Waals surface area contributed by atoms with Gasteiger partial charge in [-0.2, -0.15) is 0 Å². The summed E-state index contributed by atoms with van der Waals surface area (Å²) in [4.78, 5) is 0. The molecule has 2 fully saturated rings. The molecule has 0 nitrogen and oxygen atoms in total. The van der Waals surface area contributed by atoms with E-state index in [0.717, 1.165) is 17.8 Å². The Morgan fingerprint density at radius 3 is 2.86 bits per heavy atom. The minimum absolute atomic E-state index is 0.814. The lowest BCUT2D eigenvalue weighted by Crippen LogP contribution is -2.23. The maximum absolute atomic E-state index is 4.31. The molecule has 0 aromatic carbocycles. The van der Waals surface area contributed by atoms with Crippen LogP contribution < -0.4 is 0 Å². The van der Waals surface area contributed by atoms with Gasteiger partial charge < -0.3 is 0 Å². The SMILES string of the molecule is C=C1CCCC2=CC3CCCCC3C12. The molecule has 3 rings (SSSR count). The van der Waals surface area contributed by atoms with Gasteiger partial charge in [-0.25, -0.2) is 0 Å². The average Bonchev–Trinajstić information content (AvgIpc) is 2.57. The summed E-state index contributed by atoms with van der Waals surface area (Å²) in [6, 6.07) is 0. The maximum Gasteiger partial charge on any atom is 0.00382 e. The highest BCUT2D eigenvalue weighted by atomic mass is 14.4. The van der Waals surface area contributed by atoms with Gasteiger partial charge in [-0.1, -0.05) is 36.6 Å². The Morgan fingerprint density at radius 1 is 1.07 bits per heavy atom. The van der Waals surface area contributed by atoms with E-state index in [4.69, 9.17) is 0 Å². The van der Waals surface area contributed by atoms with Gasteiger partial charge in [0.15, 0.2) is 0 Å². The van der Waals surface area contributed by atoms with E-state index < -0.39 is 0 Å². The molecule has 3 unspecified atom stereocenters. The summed E-state index contributed by atoms with van der Waals surface area (Å²) in [6.07, 6.45) is 12.5. The molecule has 0 bridgehead atoms. The van der Waals surface area contributed by atoms with Gasteiger partial charge in [0.05, 0.1) is 0 Å². The van der Waals surface area contributed by atoms with Crippen molar-refractivity contribution in [3.63, 3.8) is 0 Å². The lowest BCUT2D eigenvalue weighted by atomic mass is 9.71. The maximum atomic E-state index is 4.31. The Kier molecular flexibility index (Phi) is 2.04. The number of hydrogen-bond donors (Lipinski definition) is 0. The first kappa shape index (κ1) is 8.76. The smallest absolute Gasteiger partial charge is 0.00382 e. The predicted molar refractivity (Wildman–Crippen MR) is 60.0 cm³/mol. The molecule has 0 amide bonds. The van der Waals surface area contributed by atoms with Crippen molar-refractivity contribution >= 4 is 0 Å². The van der Waals surface area contributed by atoms with Crippen LogP contribution >= 0.6 is 0 Å². The molecule has 3 aliphatic carbocycles. The van der Waals surface area contributed by atoms with E-state index in [2.05, 4.69) is 12.7 Å². The van der Waals surface area contributed by atoms with Crippen molar-refractivity contribution < 1.29 is 0 Å². The van der Waals surface area contributed by atoms with Gasteiger partial charge in [-0.3, -0.25) is 0 Å². The highest BCUT2D eigenvalue weighted by Gasteiger charge is 2.40. The lowest BCUT2D eigenvalue weighted by Gasteiger charge is -2.34. The van der Waals surface area contributed by atoms with Gasteiger partial charge in [0, 0.05) is 5.92 Å². The second-order valence-corrected chi connectivity index (χ2v) is 5.34. The van der Waals surface area contributed by atoms with Crippen LogP contribution in [0.25, 0.3) is 0 Å². The lowest BCUT2D eigenvalue weighted by molar-refractivity contribution is 0.253. The van der Waals surface area contributed by atoms with Crippen LogP contribution in [0.5, 0.6) is 0 Å². The summed E-state index contributed by atoms with van der Waals surface area (Å²) in [5.74, 6) is 2.71. The molecule has 3 atom stereocenters. The third-order valence-corrected chi connectivity index (χ3v) is 4.53. The van der Waals surface area contributed by atoms with E-state index in [1.54, 1.807) is 11.1 Å². The van der Waals surface area contributed by atoms with Gasteiger partial charge in [0.2, 0.25) is 0 Å². The van der Waals surface area contributed by atoms with Crippen molar-refractivity contribution in [1.29, 1.82) is 0 Å². The second kappa shape index (κ2) is 3.25. The Balaban J connectivity index is 1.90. The number of hydrogen-bond acceptors (Lipinski definition) is 0. The molecule has 0 spiro atoms. The van der Waals surface area contributed by atoms with Crippen molar-refractivity contribution in [1.82, 2.24) is 0 Å². The molecule has 3 aliphatic rings. The van der Waals surface area contributed by atoms with E-state index in [0.29, 0.717) is 0 Å². The molecule has 76 valence electrons. The molecule has 0 saturated heterocycles. The summed E-state index contributed by atoms with van der Waals surface area (Å²) in [6.45, 7) is 4.31. The van der Waals surface area contributed by atoms with Crippen LogP contribution in [0.2, 0.25) is 0 Å². The summed E-state index contributed by atoms with van der Waals surface area (Å²) < 4.78 is 0. The molecule has 0 aromatic heterocycles. The molecule has 0 aromatic rings. The molecule has 2 saturated carbocycles. The average molecular weight is 188 g/mol. The van der Waals surface area contributed by atoms with E-state index in [-0.39, 0.29) is 0 Å². The Morgan fingerprint density at radius 2 is 1.93 bits per heavy atom. The standard InChI is InChI=1S/C14H20/c1-10-5-4-7-12-9-11-6-2-3-8-13(11)14(10)12/h9,11,13-14H,1-8H2. The van der Waals surface area contributed by atoms with Crippen LogP contribution in [-0.2, 0) is 0 Å². The summed E-state index contributed by atoms with van der Waals surface area (Å²) >= 11 is 0. The topological polar surface area (TPSA) is 0 Å². The van der Waals surface area contributed by atoms with Crippen molar-refractivity contribution in [3.8, 4) is 0 Å². The zero-order valence-corrected chi connectivity index (χ0v) is 8.97. The van der Waals surface area contributed by atoms with Gasteiger partial charge in [0.1, 0.15) is 0 Å². The minimum atomic E-state index is 0.814. The fraction of sp³-hybridized carbons (Fsp3) is 0.714. The molecule has 0 radical (unpaired) electrons. The first-order valence-electron chi connectivity index (χ1n) is 6.24. The monoisotopic (exact) mass is 188 g/mol. The molecule has 0 heteroatoms. The Labute approximate surface area is 87.1 Å². The summed E-state index contributed by atoms with van der Waals surface area (Å²) in [7, 11) is 0. The van der Waals surface area contributed by atoms with Crippen molar-refractivity contribution in [2.45, 2.75) is 44.9 Å². The van der Waals surface area contributed by atoms with Crippen molar-refractivity contribution in [2.75, 3.05) is 0 Å². The highest BCUT2D eigenvalue weighted by Crippen LogP contribution is 2.51. The van der Waals surface area contributed by atoms with Crippen LogP contribution in [0.15, 0.2) is 23.8 Å². The van der Waals surface area contributed by atoms with E-state index >= 15 is 0 Å². The van der Waals surface area contributed by atoms with Crippen LogP contribution in [0.3, 0.4) is 0 Å². The first-order chi connectivity index (χ1) is 6.86. The van der Waals surface area contributed by atoms with Crippen LogP contribution in [0.4, 0.5) is 0 Å². The fourth-order valence-corrected chi connectivity index (χ4v) is 3.94. The Bertz CT molecular complexity index is 284. The second-order valence-electron chi connectivity index (χ2n) is 5.34. The first-order valence-corrected chi connectivity index (χ1v) is 6.24. The third kappa shape index (κ3) is 1.20. The van der Waals surface area contributed by atoms with Crippen LogP contribution in [0.1, 0.15) is 44.9 Å². The molecule has 0 heterocycles. The third-order valence-electron chi connectivity index (χ3n) is 4.53. The fourth-order valence-electron chi connectivity index (χ4n) is 3.94. The molecular weight excluding hydrogens is 168 g/mol. The van der Waals surface area contributed by atoms with Gasteiger partial charge >= 0.3 is 0 Å². The van der Waals surface area contributed by atoms with Gasteiger partial charge in [-0.15, -0.1) is 0 Å². The Hall–Kier alpha value is -0.520. The number of allylic oxidation sites excluding steroid dienone is 3. The zero-order valence-electron chi connectivity index (χ0n) is 8.97.